The molecule has 1 aliphatic heterocycles. The molecule has 0 atom stereocenters. The van der Waals surface area contributed by atoms with Crippen molar-refractivity contribution in [1.29, 1.82) is 0 Å². The van der Waals surface area contributed by atoms with E-state index in [1.165, 1.54) is 0 Å². The molecular formula is C20H18BrN3O2. The van der Waals surface area contributed by atoms with Crippen molar-refractivity contribution in [1.82, 2.24) is 9.55 Å². The first kappa shape index (κ1) is 16.8. The number of rotatable bonds is 4. The number of hydrogen-bond donors (Lipinski definition) is 1. The molecule has 2 heterocycles. The highest BCUT2D eigenvalue weighted by Crippen LogP contribution is 2.28. The van der Waals surface area contributed by atoms with Gasteiger partial charge in [0.05, 0.1) is 24.6 Å². The van der Waals surface area contributed by atoms with Gasteiger partial charge in [-0.15, -0.1) is 0 Å². The fourth-order valence-electron chi connectivity index (χ4n) is 3.25. The van der Waals surface area contributed by atoms with Gasteiger partial charge < -0.3 is 14.6 Å². The van der Waals surface area contributed by atoms with Crippen LogP contribution < -0.4 is 10.1 Å². The number of amides is 1. The predicted molar refractivity (Wildman–Crippen MR) is 105 cm³/mol. The van der Waals surface area contributed by atoms with Crippen molar-refractivity contribution in [2.75, 3.05) is 12.4 Å². The number of nitrogens with one attached hydrogen (secondary N) is 1. The molecule has 0 unspecified atom stereocenters. The minimum Gasteiger partial charge on any atom is -0.497 e. The number of methoxy groups -OCH3 is 1. The summed E-state index contributed by atoms with van der Waals surface area (Å²) in [4.78, 5) is 17.2. The minimum absolute atomic E-state index is 0.188. The normalized spacial score (nSPS) is 12.7. The van der Waals surface area contributed by atoms with Crippen LogP contribution in [0.4, 0.5) is 5.69 Å². The van der Waals surface area contributed by atoms with Crippen LogP contribution in [0.1, 0.15) is 22.6 Å². The zero-order chi connectivity index (χ0) is 18.1. The van der Waals surface area contributed by atoms with Crippen molar-refractivity contribution in [3.8, 4) is 17.0 Å². The van der Waals surface area contributed by atoms with E-state index in [0.29, 0.717) is 11.3 Å². The molecule has 3 aromatic rings. The number of benzene rings is 2. The second-order valence-corrected chi connectivity index (χ2v) is 7.05. The lowest BCUT2D eigenvalue weighted by Crippen LogP contribution is -2.12. The summed E-state index contributed by atoms with van der Waals surface area (Å²) in [5, 5.41) is 2.97. The average Bonchev–Trinajstić information content (AvgIpc) is 3.26. The van der Waals surface area contributed by atoms with Crippen LogP contribution in [0.3, 0.4) is 0 Å². The van der Waals surface area contributed by atoms with E-state index in [0.717, 1.165) is 46.6 Å². The number of hydrogen-bond acceptors (Lipinski definition) is 3. The van der Waals surface area contributed by atoms with Gasteiger partial charge in [0.25, 0.3) is 5.91 Å². The standard InChI is InChI=1S/C20H18BrN3O2/c1-26-15-7-8-17(21)16(11-15)20(25)23-14-5-2-4-13(10-14)18-12-22-19-6-3-9-24(18)19/h2,4-5,7-8,10-12H,3,6,9H2,1H3,(H,23,25). The lowest BCUT2D eigenvalue weighted by atomic mass is 10.1. The Kier molecular flexibility index (Phi) is 4.51. The van der Waals surface area contributed by atoms with Gasteiger partial charge in [-0.2, -0.15) is 0 Å². The zero-order valence-electron chi connectivity index (χ0n) is 14.3. The quantitative estimate of drug-likeness (QED) is 0.686. The summed E-state index contributed by atoms with van der Waals surface area (Å²) < 4.78 is 8.18. The maximum atomic E-state index is 12.7. The number of aryl methyl sites for hydroxylation is 1. The SMILES string of the molecule is COc1ccc(Br)c(C(=O)Nc2cccc(-c3cnc4n3CCC4)c2)c1. The lowest BCUT2D eigenvalue weighted by molar-refractivity contribution is 0.102. The van der Waals surface area contributed by atoms with Gasteiger partial charge in [-0.3, -0.25) is 4.79 Å². The maximum absolute atomic E-state index is 12.7. The molecule has 1 aliphatic rings. The fourth-order valence-corrected chi connectivity index (χ4v) is 3.68. The summed E-state index contributed by atoms with van der Waals surface area (Å²) in [6.45, 7) is 0.998. The number of fused-ring (bicyclic) bond motifs is 1. The summed E-state index contributed by atoms with van der Waals surface area (Å²) in [6.07, 6.45) is 4.07. The highest BCUT2D eigenvalue weighted by molar-refractivity contribution is 9.10. The first-order valence-electron chi connectivity index (χ1n) is 8.45. The maximum Gasteiger partial charge on any atom is 0.256 e. The Balaban J connectivity index is 1.60. The monoisotopic (exact) mass is 411 g/mol. The smallest absolute Gasteiger partial charge is 0.256 e. The molecule has 1 amide bonds. The molecule has 0 saturated heterocycles. The van der Waals surface area contributed by atoms with Gasteiger partial charge in [0, 0.05) is 28.7 Å². The van der Waals surface area contributed by atoms with Crippen molar-refractivity contribution >= 4 is 27.5 Å². The lowest BCUT2D eigenvalue weighted by Gasteiger charge is -2.10. The van der Waals surface area contributed by atoms with Crippen LogP contribution in [0, 0.1) is 0 Å². The van der Waals surface area contributed by atoms with Gasteiger partial charge in [-0.25, -0.2) is 4.98 Å². The number of imidazole rings is 1. The minimum atomic E-state index is -0.188. The molecule has 0 saturated carbocycles. The third-order valence-electron chi connectivity index (χ3n) is 4.55. The molecular weight excluding hydrogens is 394 g/mol. The second kappa shape index (κ2) is 6.96. The Hall–Kier alpha value is -2.60. The molecule has 0 radical (unpaired) electrons. The number of carbonyl (C=O) groups excluding carboxylic acids is 1. The van der Waals surface area contributed by atoms with Crippen LogP contribution in [-0.4, -0.2) is 22.6 Å². The number of carbonyl (C=O) groups is 1. The molecule has 6 heteroatoms. The number of aromatic nitrogens is 2. The zero-order valence-corrected chi connectivity index (χ0v) is 15.9. The molecule has 0 aliphatic carbocycles. The molecule has 0 spiro atoms. The number of halogens is 1. The van der Waals surface area contributed by atoms with Crippen molar-refractivity contribution < 1.29 is 9.53 Å². The van der Waals surface area contributed by atoms with E-state index in [4.69, 9.17) is 4.74 Å². The Bertz CT molecular complexity index is 981. The molecule has 0 bridgehead atoms. The predicted octanol–water partition coefficient (Wildman–Crippen LogP) is 4.52. The van der Waals surface area contributed by atoms with Gasteiger partial charge >= 0.3 is 0 Å². The van der Waals surface area contributed by atoms with Crippen molar-refractivity contribution in [3.63, 3.8) is 0 Å². The third-order valence-corrected chi connectivity index (χ3v) is 5.25. The number of anilines is 1. The van der Waals surface area contributed by atoms with E-state index in [1.54, 1.807) is 19.2 Å². The molecule has 1 aromatic heterocycles. The molecule has 132 valence electrons. The summed E-state index contributed by atoms with van der Waals surface area (Å²) in [7, 11) is 1.58. The molecule has 4 rings (SSSR count). The van der Waals surface area contributed by atoms with Crippen molar-refractivity contribution in [2.45, 2.75) is 19.4 Å². The van der Waals surface area contributed by atoms with E-state index < -0.39 is 0 Å². The third kappa shape index (κ3) is 3.12. The summed E-state index contributed by atoms with van der Waals surface area (Å²) in [5.74, 6) is 1.59. The Morgan fingerprint density at radius 2 is 2.15 bits per heavy atom. The van der Waals surface area contributed by atoms with E-state index >= 15 is 0 Å². The Morgan fingerprint density at radius 3 is 3.00 bits per heavy atom. The van der Waals surface area contributed by atoms with E-state index in [9.17, 15) is 4.79 Å². The molecule has 1 N–H and O–H groups in total. The van der Waals surface area contributed by atoms with Gasteiger partial charge in [-0.05, 0) is 52.7 Å². The van der Waals surface area contributed by atoms with Gasteiger partial charge in [-0.1, -0.05) is 12.1 Å². The topological polar surface area (TPSA) is 56.1 Å². The van der Waals surface area contributed by atoms with Crippen LogP contribution in [-0.2, 0) is 13.0 Å². The van der Waals surface area contributed by atoms with E-state index in [1.807, 2.05) is 36.5 Å². The van der Waals surface area contributed by atoms with E-state index in [-0.39, 0.29) is 5.91 Å². The van der Waals surface area contributed by atoms with Gasteiger partial charge in [0.15, 0.2) is 0 Å². The summed E-state index contributed by atoms with van der Waals surface area (Å²) in [5.41, 5.74) is 3.42. The average molecular weight is 412 g/mol. The van der Waals surface area contributed by atoms with Gasteiger partial charge in [0.1, 0.15) is 11.6 Å². The summed E-state index contributed by atoms with van der Waals surface area (Å²) in [6, 6.07) is 13.2. The molecule has 26 heavy (non-hydrogen) atoms. The molecule has 2 aromatic carbocycles. The van der Waals surface area contributed by atoms with Crippen LogP contribution in [0.5, 0.6) is 5.75 Å². The second-order valence-electron chi connectivity index (χ2n) is 6.20. The summed E-state index contributed by atoms with van der Waals surface area (Å²) >= 11 is 3.43. The first-order valence-corrected chi connectivity index (χ1v) is 9.25. The van der Waals surface area contributed by atoms with Crippen LogP contribution in [0.2, 0.25) is 0 Å². The van der Waals surface area contributed by atoms with Crippen LogP contribution in [0.25, 0.3) is 11.3 Å². The number of ether oxygens (including phenoxy) is 1. The Labute approximate surface area is 160 Å². The van der Waals surface area contributed by atoms with Crippen LogP contribution in [0.15, 0.2) is 53.1 Å². The largest absolute Gasteiger partial charge is 0.497 e. The van der Waals surface area contributed by atoms with Crippen molar-refractivity contribution in [3.05, 3.63) is 64.5 Å². The molecule has 0 fully saturated rings. The van der Waals surface area contributed by atoms with Gasteiger partial charge in [0.2, 0.25) is 0 Å². The first-order chi connectivity index (χ1) is 12.7. The van der Waals surface area contributed by atoms with Crippen LogP contribution >= 0.6 is 15.9 Å². The van der Waals surface area contributed by atoms with Crippen molar-refractivity contribution in [2.24, 2.45) is 0 Å². The number of nitrogens with zero attached hydrogens (tertiary/aromatic N) is 2. The Morgan fingerprint density at radius 1 is 1.27 bits per heavy atom. The molecule has 5 nitrogen and oxygen atoms in total. The fraction of sp³-hybridized carbons (Fsp3) is 0.200. The highest BCUT2D eigenvalue weighted by atomic mass is 79.9. The highest BCUT2D eigenvalue weighted by Gasteiger charge is 2.17. The van der Waals surface area contributed by atoms with E-state index in [2.05, 4.69) is 30.8 Å².